The lowest BCUT2D eigenvalue weighted by atomic mass is 10.0. The molecule has 0 unspecified atom stereocenters. The second-order valence-electron chi connectivity index (χ2n) is 6.38. The number of carbonyl (C=O) groups excluding carboxylic acids is 1. The minimum absolute atomic E-state index is 0.190. The molecule has 7 nitrogen and oxygen atoms in total. The molecule has 0 N–H and O–H groups in total. The molecule has 1 aromatic carbocycles. The highest BCUT2D eigenvalue weighted by Gasteiger charge is 2.32. The number of sulfonamides is 1. The van der Waals surface area contributed by atoms with Gasteiger partial charge in [0, 0.05) is 26.2 Å². The number of carbonyl (C=O) groups is 1. The summed E-state index contributed by atoms with van der Waals surface area (Å²) in [5.41, 5.74) is 0.942. The molecule has 1 heterocycles. The van der Waals surface area contributed by atoms with E-state index in [9.17, 15) is 13.2 Å². The largest absolute Gasteiger partial charge is 0.492 e. The minimum atomic E-state index is -3.70. The van der Waals surface area contributed by atoms with Crippen molar-refractivity contribution in [2.75, 3.05) is 39.4 Å². The normalized spacial score (nSPS) is 16.0. The van der Waals surface area contributed by atoms with Gasteiger partial charge in [-0.2, -0.15) is 4.31 Å². The zero-order valence-corrected chi connectivity index (χ0v) is 16.7. The highest BCUT2D eigenvalue weighted by molar-refractivity contribution is 7.89. The smallest absolute Gasteiger partial charge is 0.409 e. The predicted octanol–water partition coefficient (Wildman–Crippen LogP) is 2.67. The molecular weight excluding hydrogens is 356 g/mol. The molecule has 0 saturated carbocycles. The molecule has 0 radical (unpaired) electrons. The Kier molecular flexibility index (Phi) is 6.88. The van der Waals surface area contributed by atoms with Gasteiger partial charge in [-0.3, -0.25) is 0 Å². The van der Waals surface area contributed by atoms with E-state index < -0.39 is 16.1 Å². The Bertz CT molecular complexity index is 725. The standard InChI is InChI=1S/C18H28N2O5S/c1-5-24-16-8-7-15(14(3)4)13-17(16)26(22,23)20-11-9-19(10-12-20)18(21)25-6-2/h7-8,13-14H,5-6,9-12H2,1-4H3. The summed E-state index contributed by atoms with van der Waals surface area (Å²) in [6, 6.07) is 5.32. The van der Waals surface area contributed by atoms with Crippen molar-refractivity contribution < 1.29 is 22.7 Å². The van der Waals surface area contributed by atoms with Gasteiger partial charge in [0.05, 0.1) is 13.2 Å². The van der Waals surface area contributed by atoms with E-state index in [1.54, 1.807) is 19.1 Å². The Balaban J connectivity index is 2.24. The van der Waals surface area contributed by atoms with Gasteiger partial charge in [0.2, 0.25) is 10.0 Å². The maximum absolute atomic E-state index is 13.2. The van der Waals surface area contributed by atoms with Crippen LogP contribution in [0, 0.1) is 0 Å². The van der Waals surface area contributed by atoms with Crippen LogP contribution in [0.1, 0.15) is 39.2 Å². The Labute approximate surface area is 155 Å². The van der Waals surface area contributed by atoms with Crippen LogP contribution in [0.15, 0.2) is 23.1 Å². The summed E-state index contributed by atoms with van der Waals surface area (Å²) in [6.45, 7) is 9.39. The molecule has 0 aliphatic carbocycles. The molecule has 1 amide bonds. The third kappa shape index (κ3) is 4.48. The van der Waals surface area contributed by atoms with Crippen molar-refractivity contribution in [2.45, 2.75) is 38.5 Å². The topological polar surface area (TPSA) is 76.2 Å². The first kappa shape index (κ1) is 20.5. The second kappa shape index (κ2) is 8.73. The van der Waals surface area contributed by atoms with Crippen LogP contribution in [-0.2, 0) is 14.8 Å². The molecule has 1 aromatic rings. The molecule has 1 fully saturated rings. The quantitative estimate of drug-likeness (QED) is 0.754. The van der Waals surface area contributed by atoms with Crippen LogP contribution in [-0.4, -0.2) is 63.1 Å². The van der Waals surface area contributed by atoms with E-state index in [4.69, 9.17) is 9.47 Å². The Hall–Kier alpha value is -1.80. The summed E-state index contributed by atoms with van der Waals surface area (Å²) >= 11 is 0. The van der Waals surface area contributed by atoms with Gasteiger partial charge in [0.15, 0.2) is 0 Å². The molecule has 0 atom stereocenters. The van der Waals surface area contributed by atoms with Crippen LogP contribution in [0.2, 0.25) is 0 Å². The average molecular weight is 384 g/mol. The monoisotopic (exact) mass is 384 g/mol. The number of hydrogen-bond donors (Lipinski definition) is 0. The number of ether oxygens (including phenoxy) is 2. The summed E-state index contributed by atoms with van der Waals surface area (Å²) < 4.78 is 38.3. The lowest BCUT2D eigenvalue weighted by molar-refractivity contribution is 0.0933. The van der Waals surface area contributed by atoms with Crippen molar-refractivity contribution in [3.8, 4) is 5.75 Å². The summed E-state index contributed by atoms with van der Waals surface area (Å²) in [6.07, 6.45) is -0.402. The van der Waals surface area contributed by atoms with Gasteiger partial charge in [-0.1, -0.05) is 19.9 Å². The molecule has 8 heteroatoms. The van der Waals surface area contributed by atoms with Crippen molar-refractivity contribution in [1.29, 1.82) is 0 Å². The summed E-state index contributed by atoms with van der Waals surface area (Å²) in [7, 11) is -3.70. The fraction of sp³-hybridized carbons (Fsp3) is 0.611. The van der Waals surface area contributed by atoms with Crippen molar-refractivity contribution in [3.05, 3.63) is 23.8 Å². The van der Waals surface area contributed by atoms with E-state index in [1.807, 2.05) is 26.8 Å². The van der Waals surface area contributed by atoms with E-state index in [0.29, 0.717) is 32.1 Å². The van der Waals surface area contributed by atoms with Gasteiger partial charge in [0.1, 0.15) is 10.6 Å². The fourth-order valence-corrected chi connectivity index (χ4v) is 4.41. The van der Waals surface area contributed by atoms with Gasteiger partial charge in [-0.25, -0.2) is 13.2 Å². The Morgan fingerprint density at radius 1 is 1.12 bits per heavy atom. The van der Waals surface area contributed by atoms with Crippen LogP contribution in [0.25, 0.3) is 0 Å². The number of amides is 1. The molecular formula is C18H28N2O5S. The number of benzene rings is 1. The molecule has 0 bridgehead atoms. The predicted molar refractivity (Wildman–Crippen MR) is 99.1 cm³/mol. The summed E-state index contributed by atoms with van der Waals surface area (Å²) in [5, 5.41) is 0. The van der Waals surface area contributed by atoms with Crippen molar-refractivity contribution in [2.24, 2.45) is 0 Å². The summed E-state index contributed by atoms with van der Waals surface area (Å²) in [4.78, 5) is 13.5. The molecule has 1 aliphatic rings. The molecule has 0 spiro atoms. The van der Waals surface area contributed by atoms with Gasteiger partial charge >= 0.3 is 6.09 Å². The second-order valence-corrected chi connectivity index (χ2v) is 8.29. The number of hydrogen-bond acceptors (Lipinski definition) is 5. The first-order valence-corrected chi connectivity index (χ1v) is 10.4. The maximum atomic E-state index is 13.2. The highest BCUT2D eigenvalue weighted by atomic mass is 32.2. The van der Waals surface area contributed by atoms with Crippen molar-refractivity contribution in [3.63, 3.8) is 0 Å². The molecule has 146 valence electrons. The number of rotatable bonds is 6. The Morgan fingerprint density at radius 2 is 1.77 bits per heavy atom. The average Bonchev–Trinajstić information content (AvgIpc) is 2.62. The van der Waals surface area contributed by atoms with Crippen LogP contribution in [0.4, 0.5) is 4.79 Å². The lowest BCUT2D eigenvalue weighted by Gasteiger charge is -2.33. The first-order chi connectivity index (χ1) is 12.3. The van der Waals surface area contributed by atoms with E-state index in [1.165, 1.54) is 9.21 Å². The van der Waals surface area contributed by atoms with Gasteiger partial charge in [-0.05, 0) is 37.5 Å². The van der Waals surface area contributed by atoms with Gasteiger partial charge in [-0.15, -0.1) is 0 Å². The minimum Gasteiger partial charge on any atom is -0.492 e. The highest BCUT2D eigenvalue weighted by Crippen LogP contribution is 2.31. The van der Waals surface area contributed by atoms with Crippen molar-refractivity contribution >= 4 is 16.1 Å². The Morgan fingerprint density at radius 3 is 2.31 bits per heavy atom. The zero-order chi connectivity index (χ0) is 19.3. The summed E-state index contributed by atoms with van der Waals surface area (Å²) in [5.74, 6) is 0.574. The van der Waals surface area contributed by atoms with Crippen molar-refractivity contribution in [1.82, 2.24) is 9.21 Å². The van der Waals surface area contributed by atoms with Crippen LogP contribution >= 0.6 is 0 Å². The van der Waals surface area contributed by atoms with Crippen LogP contribution in [0.5, 0.6) is 5.75 Å². The van der Waals surface area contributed by atoms with E-state index in [2.05, 4.69) is 0 Å². The fourth-order valence-electron chi connectivity index (χ4n) is 2.82. The van der Waals surface area contributed by atoms with E-state index >= 15 is 0 Å². The lowest BCUT2D eigenvalue weighted by Crippen LogP contribution is -2.50. The van der Waals surface area contributed by atoms with E-state index in [0.717, 1.165) is 5.56 Å². The molecule has 26 heavy (non-hydrogen) atoms. The van der Waals surface area contributed by atoms with Crippen LogP contribution in [0.3, 0.4) is 0 Å². The number of piperazine rings is 1. The van der Waals surface area contributed by atoms with Gasteiger partial charge in [0.25, 0.3) is 0 Å². The SMILES string of the molecule is CCOC(=O)N1CCN(S(=O)(=O)c2cc(C(C)C)ccc2OCC)CC1. The number of nitrogens with zero attached hydrogens (tertiary/aromatic N) is 2. The molecule has 1 aliphatic heterocycles. The molecule has 2 rings (SSSR count). The van der Waals surface area contributed by atoms with E-state index in [-0.39, 0.29) is 23.9 Å². The first-order valence-electron chi connectivity index (χ1n) is 8.99. The zero-order valence-electron chi connectivity index (χ0n) is 15.9. The molecule has 1 saturated heterocycles. The third-order valence-corrected chi connectivity index (χ3v) is 6.24. The third-order valence-electron chi connectivity index (χ3n) is 4.32. The van der Waals surface area contributed by atoms with Crippen LogP contribution < -0.4 is 4.74 Å². The molecule has 0 aromatic heterocycles. The maximum Gasteiger partial charge on any atom is 0.409 e. The van der Waals surface area contributed by atoms with Gasteiger partial charge < -0.3 is 14.4 Å².